The predicted molar refractivity (Wildman–Crippen MR) is 194 cm³/mol. The Bertz CT molecular complexity index is 1920. The summed E-state index contributed by atoms with van der Waals surface area (Å²) in [5.41, 5.74) is 5.02. The van der Waals surface area contributed by atoms with E-state index in [0.29, 0.717) is 13.1 Å². The van der Waals surface area contributed by atoms with Crippen LogP contribution >= 0.6 is 0 Å². The predicted octanol–water partition coefficient (Wildman–Crippen LogP) is 9.35. The number of allylic oxidation sites excluding steroid dienone is 7. The van der Waals surface area contributed by atoms with Crippen molar-refractivity contribution in [2.45, 2.75) is 58.3 Å². The first-order valence-corrected chi connectivity index (χ1v) is 16.1. The summed E-state index contributed by atoms with van der Waals surface area (Å²) in [6, 6.07) is 25.0. The average molecular weight is 629 g/mol. The van der Waals surface area contributed by atoms with Gasteiger partial charge in [-0.15, -0.1) is 0 Å². The van der Waals surface area contributed by atoms with Gasteiger partial charge in [-0.3, -0.25) is 9.59 Å². The van der Waals surface area contributed by atoms with E-state index in [1.54, 1.807) is 0 Å². The number of benzene rings is 4. The van der Waals surface area contributed by atoms with Gasteiger partial charge in [0, 0.05) is 41.8 Å². The Labute approximate surface area is 277 Å². The smallest absolute Gasteiger partial charge is 0.305 e. The number of fused-ring (bicyclic) bond motifs is 4. The molecule has 242 valence electrons. The number of carboxylic acids is 2. The summed E-state index contributed by atoms with van der Waals surface area (Å²) in [7, 11) is 0. The molecule has 0 amide bonds. The number of carboxylic acid groups (broad SMARTS) is 2. The van der Waals surface area contributed by atoms with E-state index in [1.807, 2.05) is 65.7 Å². The van der Waals surface area contributed by atoms with Crippen molar-refractivity contribution in [1.29, 1.82) is 0 Å². The summed E-state index contributed by atoms with van der Waals surface area (Å²) in [5.74, 6) is -1.66. The van der Waals surface area contributed by atoms with Crippen molar-refractivity contribution in [2.24, 2.45) is 0 Å². The lowest BCUT2D eigenvalue weighted by Crippen LogP contribution is -2.28. The molecule has 0 saturated heterocycles. The van der Waals surface area contributed by atoms with E-state index in [0.717, 1.165) is 22.5 Å². The fraction of sp³-hybridized carbons (Fsp3) is 0.268. The third-order valence-electron chi connectivity index (χ3n) is 8.80. The van der Waals surface area contributed by atoms with Crippen molar-refractivity contribution in [3.05, 3.63) is 132 Å². The van der Waals surface area contributed by atoms with Crippen LogP contribution in [0.4, 0.5) is 11.4 Å². The highest BCUT2D eigenvalue weighted by atomic mass is 16.4. The molecule has 4 aromatic rings. The van der Waals surface area contributed by atoms with Gasteiger partial charge in [0.15, 0.2) is 0 Å². The SMILES string of the molecule is CC(C)(C)c1c(N(/C=C/C=C/C=C/C=C2/N(CCC(=O)O)c3ccc4ccccc4c3C2(C)C)CCC(=O)O)ccc2ccccc12. The Balaban J connectivity index is 1.41. The minimum atomic E-state index is -0.838. The molecule has 1 aliphatic rings. The number of carbonyl (C=O) groups is 2. The summed E-state index contributed by atoms with van der Waals surface area (Å²) in [5, 5.41) is 23.6. The van der Waals surface area contributed by atoms with Gasteiger partial charge in [0.25, 0.3) is 0 Å². The summed E-state index contributed by atoms with van der Waals surface area (Å²) in [6.07, 6.45) is 13.8. The van der Waals surface area contributed by atoms with Gasteiger partial charge >= 0.3 is 11.9 Å². The Morgan fingerprint density at radius 3 is 2.04 bits per heavy atom. The zero-order chi connectivity index (χ0) is 33.8. The number of rotatable bonds is 11. The summed E-state index contributed by atoms with van der Waals surface area (Å²) in [4.78, 5) is 27.3. The highest BCUT2D eigenvalue weighted by Crippen LogP contribution is 2.50. The van der Waals surface area contributed by atoms with Crippen LogP contribution in [0.25, 0.3) is 21.5 Å². The Hall–Kier alpha value is -5.10. The fourth-order valence-corrected chi connectivity index (χ4v) is 6.76. The number of nitrogens with zero attached hydrogens (tertiary/aromatic N) is 2. The lowest BCUT2D eigenvalue weighted by atomic mass is 9.81. The van der Waals surface area contributed by atoms with E-state index >= 15 is 0 Å². The first kappa shape index (κ1) is 33.3. The maximum absolute atomic E-state index is 11.6. The molecule has 0 atom stereocenters. The molecular formula is C41H44N2O4. The van der Waals surface area contributed by atoms with Gasteiger partial charge in [0.05, 0.1) is 12.8 Å². The van der Waals surface area contributed by atoms with Crippen LogP contribution in [-0.4, -0.2) is 35.2 Å². The van der Waals surface area contributed by atoms with Crippen molar-refractivity contribution in [1.82, 2.24) is 0 Å². The second kappa shape index (κ2) is 13.7. The number of aliphatic carboxylic acids is 2. The Morgan fingerprint density at radius 1 is 0.766 bits per heavy atom. The first-order chi connectivity index (χ1) is 22.4. The molecule has 5 rings (SSSR count). The van der Waals surface area contributed by atoms with E-state index in [1.165, 1.54) is 27.3 Å². The van der Waals surface area contributed by atoms with Crippen molar-refractivity contribution < 1.29 is 19.8 Å². The molecule has 0 radical (unpaired) electrons. The largest absolute Gasteiger partial charge is 0.481 e. The zero-order valence-corrected chi connectivity index (χ0v) is 27.9. The average Bonchev–Trinajstić information content (AvgIpc) is 3.25. The molecule has 0 saturated carbocycles. The van der Waals surface area contributed by atoms with E-state index < -0.39 is 11.9 Å². The molecule has 6 nitrogen and oxygen atoms in total. The van der Waals surface area contributed by atoms with Gasteiger partial charge in [-0.1, -0.05) is 120 Å². The standard InChI is InChI=1S/C41H44N2O4/c1-40(2,3)38-31-17-12-10-15-29(31)20-22-33(38)42(27-24-36(44)45)26-14-8-6-7-9-19-35-41(4,5)39-32-18-13-11-16-30(32)21-23-34(39)43(35)28-25-37(46)47/h6-23,26H,24-25,27-28H2,1-5H3,(H,44,45)(H,46,47)/b8-6+,9-7+,26-14+,35-19+. The number of hydrogen-bond acceptors (Lipinski definition) is 4. The molecule has 4 aromatic carbocycles. The lowest BCUT2D eigenvalue weighted by molar-refractivity contribution is -0.137. The molecule has 0 bridgehead atoms. The minimum absolute atomic E-state index is 0.0176. The molecule has 0 fully saturated rings. The van der Waals surface area contributed by atoms with Crippen molar-refractivity contribution in [3.8, 4) is 0 Å². The molecular weight excluding hydrogens is 584 g/mol. The van der Waals surface area contributed by atoms with E-state index in [4.69, 9.17) is 0 Å². The van der Waals surface area contributed by atoms with Gasteiger partial charge in [-0.05, 0) is 62.4 Å². The Kier molecular flexibility index (Phi) is 9.71. The van der Waals surface area contributed by atoms with Crippen LogP contribution in [0.1, 0.15) is 58.6 Å². The van der Waals surface area contributed by atoms with Gasteiger partial charge < -0.3 is 20.0 Å². The molecule has 6 heteroatoms. The monoisotopic (exact) mass is 628 g/mol. The highest BCUT2D eigenvalue weighted by molar-refractivity contribution is 5.95. The second-order valence-corrected chi connectivity index (χ2v) is 13.5. The molecule has 0 aromatic heterocycles. The number of anilines is 2. The van der Waals surface area contributed by atoms with Crippen LogP contribution in [0, 0.1) is 0 Å². The molecule has 0 spiro atoms. The molecule has 1 aliphatic heterocycles. The minimum Gasteiger partial charge on any atom is -0.481 e. The topological polar surface area (TPSA) is 81.1 Å². The summed E-state index contributed by atoms with van der Waals surface area (Å²) >= 11 is 0. The first-order valence-electron chi connectivity index (χ1n) is 16.1. The van der Waals surface area contributed by atoms with Gasteiger partial charge in [-0.25, -0.2) is 0 Å². The van der Waals surface area contributed by atoms with Crippen molar-refractivity contribution in [3.63, 3.8) is 0 Å². The quantitative estimate of drug-likeness (QED) is 0.161. The Morgan fingerprint density at radius 2 is 1.36 bits per heavy atom. The third kappa shape index (κ3) is 7.17. The number of hydrogen-bond donors (Lipinski definition) is 2. The maximum Gasteiger partial charge on any atom is 0.305 e. The molecule has 2 N–H and O–H groups in total. The van der Waals surface area contributed by atoms with E-state index in [2.05, 4.69) is 94.1 Å². The van der Waals surface area contributed by atoms with Crippen molar-refractivity contribution >= 4 is 44.9 Å². The third-order valence-corrected chi connectivity index (χ3v) is 8.80. The molecule has 0 unspecified atom stereocenters. The highest BCUT2D eigenvalue weighted by Gasteiger charge is 2.41. The van der Waals surface area contributed by atoms with Crippen LogP contribution in [0.5, 0.6) is 0 Å². The van der Waals surface area contributed by atoms with Crippen LogP contribution < -0.4 is 9.80 Å². The van der Waals surface area contributed by atoms with E-state index in [9.17, 15) is 19.8 Å². The van der Waals surface area contributed by atoms with Crippen LogP contribution in [-0.2, 0) is 20.4 Å². The van der Waals surface area contributed by atoms with E-state index in [-0.39, 0.29) is 23.7 Å². The lowest BCUT2D eigenvalue weighted by Gasteiger charge is -2.30. The normalized spacial score (nSPS) is 15.5. The van der Waals surface area contributed by atoms with Crippen molar-refractivity contribution in [2.75, 3.05) is 22.9 Å². The second-order valence-electron chi connectivity index (χ2n) is 13.5. The van der Waals surface area contributed by atoms with Crippen LogP contribution in [0.3, 0.4) is 0 Å². The van der Waals surface area contributed by atoms with Gasteiger partial charge in [-0.2, -0.15) is 0 Å². The molecule has 47 heavy (non-hydrogen) atoms. The fourth-order valence-electron chi connectivity index (χ4n) is 6.76. The maximum atomic E-state index is 11.6. The van der Waals surface area contributed by atoms with Gasteiger partial charge in [0.2, 0.25) is 0 Å². The summed E-state index contributed by atoms with van der Waals surface area (Å²) < 4.78 is 0. The molecule has 1 heterocycles. The zero-order valence-electron chi connectivity index (χ0n) is 27.9. The van der Waals surface area contributed by atoms with Crippen LogP contribution in [0.2, 0.25) is 0 Å². The van der Waals surface area contributed by atoms with Crippen LogP contribution in [0.15, 0.2) is 121 Å². The summed E-state index contributed by atoms with van der Waals surface area (Å²) in [6.45, 7) is 11.7. The molecule has 0 aliphatic carbocycles. The van der Waals surface area contributed by atoms with Gasteiger partial charge in [0.1, 0.15) is 0 Å².